The molecule has 2 aromatic heterocycles. The summed E-state index contributed by atoms with van der Waals surface area (Å²) in [5.74, 6) is 0. The fraction of sp³-hybridized carbons (Fsp3) is 0.143. The highest BCUT2D eigenvalue weighted by Crippen LogP contribution is 2.31. The monoisotopic (exact) mass is 329 g/mol. The fourth-order valence-electron chi connectivity index (χ4n) is 3.42. The Morgan fingerprint density at radius 2 is 1.60 bits per heavy atom. The lowest BCUT2D eigenvalue weighted by atomic mass is 10.0. The number of fused-ring (bicyclic) bond motifs is 1. The molecule has 0 unspecified atom stereocenters. The standard InChI is InChI=1S/C21H19N3O/c1-14-13-15(2)24(22-14)20-17-11-7-8-12-18(17)23(3)21(25)19(20)16-9-5-4-6-10-16/h4-13H,1-3H3. The van der Waals surface area contributed by atoms with Gasteiger partial charge in [0.15, 0.2) is 0 Å². The van der Waals surface area contributed by atoms with Crippen LogP contribution in [0, 0.1) is 13.8 Å². The van der Waals surface area contributed by atoms with Gasteiger partial charge < -0.3 is 4.57 Å². The van der Waals surface area contributed by atoms with Crippen molar-refractivity contribution in [2.45, 2.75) is 13.8 Å². The number of pyridine rings is 1. The highest BCUT2D eigenvalue weighted by atomic mass is 16.1. The van der Waals surface area contributed by atoms with Crippen LogP contribution in [0.25, 0.3) is 27.7 Å². The summed E-state index contributed by atoms with van der Waals surface area (Å²) in [4.78, 5) is 13.2. The lowest BCUT2D eigenvalue weighted by molar-refractivity contribution is 0.828. The SMILES string of the molecule is Cc1cc(C)n(-c2c(-c3ccccc3)c(=O)n(C)c3ccccc23)n1. The maximum absolute atomic E-state index is 13.2. The second-order valence-corrected chi connectivity index (χ2v) is 6.31. The Bertz CT molecular complexity index is 1140. The molecule has 25 heavy (non-hydrogen) atoms. The molecule has 0 aliphatic rings. The molecule has 0 atom stereocenters. The Morgan fingerprint density at radius 1 is 0.920 bits per heavy atom. The normalized spacial score (nSPS) is 11.2. The molecule has 0 aliphatic heterocycles. The van der Waals surface area contributed by atoms with Gasteiger partial charge in [-0.05, 0) is 31.5 Å². The molecular formula is C21H19N3O. The zero-order valence-corrected chi connectivity index (χ0v) is 14.5. The van der Waals surface area contributed by atoms with Gasteiger partial charge >= 0.3 is 0 Å². The summed E-state index contributed by atoms with van der Waals surface area (Å²) in [5, 5.41) is 5.66. The molecular weight excluding hydrogens is 310 g/mol. The molecule has 4 rings (SSSR count). The molecule has 4 heteroatoms. The van der Waals surface area contributed by atoms with Gasteiger partial charge in [0.25, 0.3) is 5.56 Å². The molecule has 0 bridgehead atoms. The molecule has 0 spiro atoms. The number of para-hydroxylation sites is 1. The first-order valence-corrected chi connectivity index (χ1v) is 8.28. The zero-order valence-electron chi connectivity index (χ0n) is 14.5. The molecule has 2 heterocycles. The van der Waals surface area contributed by atoms with Crippen LogP contribution >= 0.6 is 0 Å². The number of aryl methyl sites for hydroxylation is 3. The number of hydrogen-bond donors (Lipinski definition) is 0. The van der Waals surface area contributed by atoms with Crippen molar-refractivity contribution in [2.75, 3.05) is 0 Å². The summed E-state index contributed by atoms with van der Waals surface area (Å²) in [6, 6.07) is 19.8. The summed E-state index contributed by atoms with van der Waals surface area (Å²) >= 11 is 0. The van der Waals surface area contributed by atoms with E-state index in [1.807, 2.05) is 86.2 Å². The minimum absolute atomic E-state index is 0.0209. The predicted octanol–water partition coefficient (Wildman–Crippen LogP) is 4.01. The van der Waals surface area contributed by atoms with Crippen LogP contribution in [0.15, 0.2) is 65.5 Å². The number of nitrogens with zero attached hydrogens (tertiary/aromatic N) is 3. The van der Waals surface area contributed by atoms with Gasteiger partial charge in [0, 0.05) is 18.1 Å². The molecule has 0 saturated carbocycles. The first kappa shape index (κ1) is 15.4. The third-order valence-corrected chi connectivity index (χ3v) is 4.56. The van der Waals surface area contributed by atoms with E-state index in [2.05, 4.69) is 5.10 Å². The van der Waals surface area contributed by atoms with E-state index in [1.165, 1.54) is 0 Å². The highest BCUT2D eigenvalue weighted by molar-refractivity contribution is 5.95. The predicted molar refractivity (Wildman–Crippen MR) is 101 cm³/mol. The maximum Gasteiger partial charge on any atom is 0.260 e. The van der Waals surface area contributed by atoms with E-state index in [1.54, 1.807) is 4.57 Å². The van der Waals surface area contributed by atoms with E-state index in [0.29, 0.717) is 5.56 Å². The van der Waals surface area contributed by atoms with Crippen molar-refractivity contribution in [1.29, 1.82) is 0 Å². The quantitative estimate of drug-likeness (QED) is 0.557. The largest absolute Gasteiger partial charge is 0.311 e. The summed E-state index contributed by atoms with van der Waals surface area (Å²) in [7, 11) is 1.82. The van der Waals surface area contributed by atoms with Crippen molar-refractivity contribution in [1.82, 2.24) is 14.3 Å². The molecule has 0 saturated heterocycles. The molecule has 0 fully saturated rings. The Morgan fingerprint density at radius 3 is 2.28 bits per heavy atom. The van der Waals surface area contributed by atoms with Crippen molar-refractivity contribution in [3.63, 3.8) is 0 Å². The van der Waals surface area contributed by atoms with Crippen LogP contribution in [0.1, 0.15) is 11.4 Å². The van der Waals surface area contributed by atoms with Crippen molar-refractivity contribution in [3.05, 3.63) is 82.4 Å². The first-order valence-electron chi connectivity index (χ1n) is 8.28. The Hall–Kier alpha value is -3.14. The van der Waals surface area contributed by atoms with Gasteiger partial charge in [-0.15, -0.1) is 0 Å². The van der Waals surface area contributed by atoms with Crippen molar-refractivity contribution < 1.29 is 0 Å². The lowest BCUT2D eigenvalue weighted by Gasteiger charge is -2.17. The molecule has 124 valence electrons. The van der Waals surface area contributed by atoms with E-state index >= 15 is 0 Å². The van der Waals surface area contributed by atoms with Crippen molar-refractivity contribution in [3.8, 4) is 16.8 Å². The summed E-state index contributed by atoms with van der Waals surface area (Å²) < 4.78 is 3.61. The zero-order chi connectivity index (χ0) is 17.6. The number of aromatic nitrogens is 3. The van der Waals surface area contributed by atoms with Gasteiger partial charge in [0.1, 0.15) is 0 Å². The summed E-state index contributed by atoms with van der Waals surface area (Å²) in [6.45, 7) is 3.98. The minimum atomic E-state index is -0.0209. The molecule has 4 aromatic rings. The van der Waals surface area contributed by atoms with Gasteiger partial charge in [-0.1, -0.05) is 48.5 Å². The molecule has 0 aliphatic carbocycles. The van der Waals surface area contributed by atoms with Crippen LogP contribution in [0.2, 0.25) is 0 Å². The van der Waals surface area contributed by atoms with Crippen LogP contribution in [0.3, 0.4) is 0 Å². The fourth-order valence-corrected chi connectivity index (χ4v) is 3.42. The number of benzene rings is 2. The lowest BCUT2D eigenvalue weighted by Crippen LogP contribution is -2.22. The Balaban J connectivity index is 2.24. The molecule has 0 N–H and O–H groups in total. The van der Waals surface area contributed by atoms with Crippen LogP contribution in [-0.4, -0.2) is 14.3 Å². The van der Waals surface area contributed by atoms with Gasteiger partial charge in [0.05, 0.1) is 22.5 Å². The van der Waals surface area contributed by atoms with Gasteiger partial charge in [0.2, 0.25) is 0 Å². The average molecular weight is 329 g/mol. The molecule has 4 nitrogen and oxygen atoms in total. The van der Waals surface area contributed by atoms with Crippen LogP contribution in [0.5, 0.6) is 0 Å². The van der Waals surface area contributed by atoms with E-state index < -0.39 is 0 Å². The van der Waals surface area contributed by atoms with Crippen molar-refractivity contribution >= 4 is 10.9 Å². The van der Waals surface area contributed by atoms with Crippen LogP contribution < -0.4 is 5.56 Å². The van der Waals surface area contributed by atoms with Gasteiger partial charge in [-0.3, -0.25) is 4.79 Å². The van der Waals surface area contributed by atoms with Crippen LogP contribution in [-0.2, 0) is 7.05 Å². The Kier molecular flexibility index (Phi) is 3.53. The van der Waals surface area contributed by atoms with Crippen molar-refractivity contribution in [2.24, 2.45) is 7.05 Å². The molecule has 0 radical (unpaired) electrons. The third-order valence-electron chi connectivity index (χ3n) is 4.56. The van der Waals surface area contributed by atoms with Gasteiger partial charge in [-0.25, -0.2) is 4.68 Å². The van der Waals surface area contributed by atoms with Gasteiger partial charge in [-0.2, -0.15) is 5.10 Å². The van der Waals surface area contributed by atoms with Crippen LogP contribution in [0.4, 0.5) is 0 Å². The maximum atomic E-state index is 13.2. The molecule has 0 amide bonds. The minimum Gasteiger partial charge on any atom is -0.311 e. The number of rotatable bonds is 2. The summed E-state index contributed by atoms with van der Waals surface area (Å²) in [6.07, 6.45) is 0. The molecule has 2 aromatic carbocycles. The first-order chi connectivity index (χ1) is 12.1. The summed E-state index contributed by atoms with van der Waals surface area (Å²) in [5.41, 5.74) is 5.23. The van der Waals surface area contributed by atoms with E-state index in [-0.39, 0.29) is 5.56 Å². The van der Waals surface area contributed by atoms with E-state index in [0.717, 1.165) is 33.5 Å². The van der Waals surface area contributed by atoms with E-state index in [4.69, 9.17) is 0 Å². The average Bonchev–Trinajstić information content (AvgIpc) is 2.96. The smallest absolute Gasteiger partial charge is 0.260 e. The second kappa shape index (κ2) is 5.74. The third kappa shape index (κ3) is 2.38. The number of hydrogen-bond acceptors (Lipinski definition) is 2. The Labute approximate surface area is 146 Å². The van der Waals surface area contributed by atoms with E-state index in [9.17, 15) is 4.79 Å². The topological polar surface area (TPSA) is 39.8 Å². The second-order valence-electron chi connectivity index (χ2n) is 6.31. The highest BCUT2D eigenvalue weighted by Gasteiger charge is 2.20.